The van der Waals surface area contributed by atoms with Crippen molar-refractivity contribution in [2.45, 2.75) is 12.8 Å². The van der Waals surface area contributed by atoms with Crippen LogP contribution in [0.15, 0.2) is 18.3 Å². The van der Waals surface area contributed by atoms with E-state index in [9.17, 15) is 4.39 Å². The Kier molecular flexibility index (Phi) is 2.41. The van der Waals surface area contributed by atoms with Crippen LogP contribution in [0.3, 0.4) is 0 Å². The van der Waals surface area contributed by atoms with Crippen molar-refractivity contribution in [2.24, 2.45) is 5.73 Å². The molecule has 2 aromatic heterocycles. The summed E-state index contributed by atoms with van der Waals surface area (Å²) in [5.74, 6) is 0.397. The van der Waals surface area contributed by atoms with Gasteiger partial charge in [-0.15, -0.1) is 0 Å². The molecule has 0 saturated heterocycles. The fourth-order valence-electron chi connectivity index (χ4n) is 1.27. The molecule has 0 spiro atoms. The van der Waals surface area contributed by atoms with Crippen molar-refractivity contribution < 1.29 is 4.39 Å². The molecule has 0 aliphatic carbocycles. The minimum atomic E-state index is -0.312. The highest BCUT2D eigenvalue weighted by Crippen LogP contribution is 2.04. The number of halogens is 1. The quantitative estimate of drug-likeness (QED) is 0.784. The number of nitrogens with zero attached hydrogens (tertiary/aromatic N) is 3. The summed E-state index contributed by atoms with van der Waals surface area (Å²) < 4.78 is 14.2. The van der Waals surface area contributed by atoms with Crippen molar-refractivity contribution in [3.05, 3.63) is 30.0 Å². The molecule has 0 aliphatic heterocycles. The second-order valence-corrected chi connectivity index (χ2v) is 3.07. The first-order chi connectivity index (χ1) is 6.79. The molecule has 2 rings (SSSR count). The summed E-state index contributed by atoms with van der Waals surface area (Å²) in [5.41, 5.74) is 6.04. The van der Waals surface area contributed by atoms with Crippen LogP contribution in [0.2, 0.25) is 0 Å². The van der Waals surface area contributed by atoms with Crippen molar-refractivity contribution >= 4 is 5.65 Å². The largest absolute Gasteiger partial charge is 0.330 e. The topological polar surface area (TPSA) is 56.2 Å². The molecule has 2 aromatic rings. The zero-order valence-corrected chi connectivity index (χ0v) is 7.65. The Balaban J connectivity index is 2.32. The van der Waals surface area contributed by atoms with Gasteiger partial charge in [0.05, 0.1) is 6.20 Å². The van der Waals surface area contributed by atoms with Gasteiger partial charge < -0.3 is 5.73 Å². The molecule has 0 aromatic carbocycles. The molecule has 0 amide bonds. The molecule has 0 fully saturated rings. The third-order valence-electron chi connectivity index (χ3n) is 1.94. The fourth-order valence-corrected chi connectivity index (χ4v) is 1.27. The van der Waals surface area contributed by atoms with Gasteiger partial charge in [0, 0.05) is 6.42 Å². The van der Waals surface area contributed by atoms with Crippen LogP contribution >= 0.6 is 0 Å². The van der Waals surface area contributed by atoms with Crippen molar-refractivity contribution in [3.8, 4) is 0 Å². The molecule has 0 saturated carbocycles. The van der Waals surface area contributed by atoms with Gasteiger partial charge >= 0.3 is 0 Å². The van der Waals surface area contributed by atoms with Crippen LogP contribution in [0, 0.1) is 5.82 Å². The van der Waals surface area contributed by atoms with Crippen LogP contribution in [-0.2, 0) is 6.42 Å². The summed E-state index contributed by atoms with van der Waals surface area (Å²) in [6.07, 6.45) is 2.90. The summed E-state index contributed by atoms with van der Waals surface area (Å²) in [6.45, 7) is 0.615. The average Bonchev–Trinajstić information content (AvgIpc) is 2.56. The first-order valence-electron chi connectivity index (χ1n) is 4.50. The second kappa shape index (κ2) is 3.71. The van der Waals surface area contributed by atoms with Crippen molar-refractivity contribution in [1.82, 2.24) is 14.6 Å². The zero-order valence-electron chi connectivity index (χ0n) is 7.65. The Labute approximate surface area is 80.6 Å². The molecule has 2 heterocycles. The lowest BCUT2D eigenvalue weighted by molar-refractivity contribution is 0.614. The van der Waals surface area contributed by atoms with Crippen LogP contribution in [0.1, 0.15) is 12.2 Å². The monoisotopic (exact) mass is 194 g/mol. The highest BCUT2D eigenvalue weighted by atomic mass is 19.1. The lowest BCUT2D eigenvalue weighted by Crippen LogP contribution is -2.01. The van der Waals surface area contributed by atoms with E-state index in [1.54, 1.807) is 6.07 Å². The predicted octanol–water partition coefficient (Wildman–Crippen LogP) is 0.760. The van der Waals surface area contributed by atoms with Gasteiger partial charge in [0.25, 0.3) is 0 Å². The zero-order chi connectivity index (χ0) is 9.97. The van der Waals surface area contributed by atoms with Gasteiger partial charge in [-0.1, -0.05) is 0 Å². The molecule has 0 unspecified atom stereocenters. The summed E-state index contributed by atoms with van der Waals surface area (Å²) in [4.78, 5) is 4.22. The Morgan fingerprint density at radius 2 is 2.29 bits per heavy atom. The highest BCUT2D eigenvalue weighted by Gasteiger charge is 2.03. The lowest BCUT2D eigenvalue weighted by atomic mass is 10.3. The van der Waals surface area contributed by atoms with Crippen LogP contribution in [-0.4, -0.2) is 21.1 Å². The normalized spacial score (nSPS) is 11.0. The SMILES string of the molecule is NCCCc1nc2ccc(F)cn2n1. The van der Waals surface area contributed by atoms with Gasteiger partial charge in [0.2, 0.25) is 0 Å². The van der Waals surface area contributed by atoms with Crippen LogP contribution in [0.5, 0.6) is 0 Å². The van der Waals surface area contributed by atoms with E-state index in [4.69, 9.17) is 5.73 Å². The summed E-state index contributed by atoms with van der Waals surface area (Å²) in [7, 11) is 0. The van der Waals surface area contributed by atoms with Gasteiger partial charge in [0.1, 0.15) is 5.82 Å². The van der Waals surface area contributed by atoms with E-state index in [1.165, 1.54) is 16.8 Å². The molecule has 0 radical (unpaired) electrons. The number of aromatic nitrogens is 3. The fraction of sp³-hybridized carbons (Fsp3) is 0.333. The Hall–Kier alpha value is -1.49. The van der Waals surface area contributed by atoms with Gasteiger partial charge in [-0.25, -0.2) is 13.9 Å². The van der Waals surface area contributed by atoms with Crippen molar-refractivity contribution in [3.63, 3.8) is 0 Å². The van der Waals surface area contributed by atoms with Crippen molar-refractivity contribution in [1.29, 1.82) is 0 Å². The van der Waals surface area contributed by atoms with E-state index in [-0.39, 0.29) is 5.82 Å². The number of aryl methyl sites for hydroxylation is 1. The van der Waals surface area contributed by atoms with E-state index < -0.39 is 0 Å². The first-order valence-corrected chi connectivity index (χ1v) is 4.50. The van der Waals surface area contributed by atoms with Crippen LogP contribution < -0.4 is 5.73 Å². The number of hydrogen-bond donors (Lipinski definition) is 1. The molecule has 74 valence electrons. The molecular formula is C9H11FN4. The Morgan fingerprint density at radius 3 is 3.07 bits per heavy atom. The van der Waals surface area contributed by atoms with E-state index in [0.29, 0.717) is 18.0 Å². The maximum atomic E-state index is 12.8. The number of hydrogen-bond acceptors (Lipinski definition) is 3. The maximum absolute atomic E-state index is 12.8. The molecule has 0 atom stereocenters. The van der Waals surface area contributed by atoms with Crippen LogP contribution in [0.4, 0.5) is 4.39 Å². The smallest absolute Gasteiger partial charge is 0.155 e. The van der Waals surface area contributed by atoms with E-state index in [1.807, 2.05) is 0 Å². The highest BCUT2D eigenvalue weighted by molar-refractivity contribution is 5.36. The third-order valence-corrected chi connectivity index (χ3v) is 1.94. The summed E-state index contributed by atoms with van der Waals surface area (Å²) in [6, 6.07) is 2.98. The Bertz CT molecular complexity index is 437. The number of pyridine rings is 1. The minimum Gasteiger partial charge on any atom is -0.330 e. The van der Waals surface area contributed by atoms with E-state index in [2.05, 4.69) is 10.1 Å². The molecule has 2 N–H and O–H groups in total. The molecule has 0 aliphatic rings. The molecular weight excluding hydrogens is 183 g/mol. The van der Waals surface area contributed by atoms with Crippen LogP contribution in [0.25, 0.3) is 5.65 Å². The molecule has 5 heteroatoms. The average molecular weight is 194 g/mol. The standard InChI is InChI=1S/C9H11FN4/c10-7-3-4-9-12-8(2-1-5-11)13-14(9)6-7/h3-4,6H,1-2,5,11H2. The first kappa shape index (κ1) is 9.08. The maximum Gasteiger partial charge on any atom is 0.155 e. The van der Waals surface area contributed by atoms with Gasteiger partial charge in [-0.2, -0.15) is 5.10 Å². The number of rotatable bonds is 3. The van der Waals surface area contributed by atoms with Gasteiger partial charge in [-0.3, -0.25) is 0 Å². The summed E-state index contributed by atoms with van der Waals surface area (Å²) >= 11 is 0. The van der Waals surface area contributed by atoms with E-state index >= 15 is 0 Å². The summed E-state index contributed by atoms with van der Waals surface area (Å²) in [5, 5.41) is 4.12. The van der Waals surface area contributed by atoms with Gasteiger partial charge in [0.15, 0.2) is 11.5 Å². The Morgan fingerprint density at radius 1 is 1.43 bits per heavy atom. The minimum absolute atomic E-state index is 0.312. The number of fused-ring (bicyclic) bond motifs is 1. The lowest BCUT2D eigenvalue weighted by Gasteiger charge is -1.89. The second-order valence-electron chi connectivity index (χ2n) is 3.07. The predicted molar refractivity (Wildman–Crippen MR) is 50.3 cm³/mol. The van der Waals surface area contributed by atoms with E-state index in [0.717, 1.165) is 12.8 Å². The number of nitrogens with two attached hydrogens (primary N) is 1. The molecule has 14 heavy (non-hydrogen) atoms. The molecule has 4 nitrogen and oxygen atoms in total. The van der Waals surface area contributed by atoms with Crippen molar-refractivity contribution in [2.75, 3.05) is 6.54 Å². The third kappa shape index (κ3) is 1.72. The van der Waals surface area contributed by atoms with Gasteiger partial charge in [-0.05, 0) is 25.1 Å². The molecule has 0 bridgehead atoms.